The molecule has 2 rings (SSSR count). The fourth-order valence-electron chi connectivity index (χ4n) is 2.98. The number of hydrogen-bond acceptors (Lipinski definition) is 6. The lowest BCUT2D eigenvalue weighted by Crippen LogP contribution is -2.43. The van der Waals surface area contributed by atoms with Crippen LogP contribution in [0.1, 0.15) is 43.0 Å². The zero-order chi connectivity index (χ0) is 18.9. The number of carbonyl (C=O) groups excluding carboxylic acids is 3. The van der Waals surface area contributed by atoms with Crippen LogP contribution in [0, 0.1) is 5.92 Å². The Balaban J connectivity index is 1.75. The van der Waals surface area contributed by atoms with Crippen LogP contribution in [0.25, 0.3) is 0 Å². The van der Waals surface area contributed by atoms with Crippen molar-refractivity contribution in [3.05, 3.63) is 23.8 Å². The molecule has 0 heterocycles. The fourth-order valence-corrected chi connectivity index (χ4v) is 2.98. The molecular formula is C19H25NO6. The number of esters is 1. The van der Waals surface area contributed by atoms with Crippen LogP contribution in [0.2, 0.25) is 0 Å². The maximum atomic E-state index is 11.9. The molecule has 0 spiro atoms. The van der Waals surface area contributed by atoms with Crippen LogP contribution in [0.3, 0.4) is 0 Å². The molecule has 1 aromatic rings. The van der Waals surface area contributed by atoms with Crippen molar-refractivity contribution >= 4 is 18.2 Å². The molecular weight excluding hydrogens is 338 g/mol. The van der Waals surface area contributed by atoms with Crippen LogP contribution in [-0.2, 0) is 14.3 Å². The van der Waals surface area contributed by atoms with E-state index in [9.17, 15) is 14.4 Å². The van der Waals surface area contributed by atoms with E-state index < -0.39 is 5.97 Å². The van der Waals surface area contributed by atoms with Crippen molar-refractivity contribution in [1.29, 1.82) is 0 Å². The number of nitrogens with one attached hydrogen (secondary N) is 1. The van der Waals surface area contributed by atoms with Crippen LogP contribution >= 0.6 is 0 Å². The Morgan fingerprint density at radius 2 is 1.96 bits per heavy atom. The summed E-state index contributed by atoms with van der Waals surface area (Å²) in [6, 6.07) is 4.74. The summed E-state index contributed by atoms with van der Waals surface area (Å²) >= 11 is 0. The summed E-state index contributed by atoms with van der Waals surface area (Å²) in [4.78, 5) is 34.5. The molecule has 142 valence electrons. The summed E-state index contributed by atoms with van der Waals surface area (Å²) in [6.07, 6.45) is 5.04. The largest absolute Gasteiger partial charge is 0.493 e. The zero-order valence-electron chi connectivity index (χ0n) is 15.2. The van der Waals surface area contributed by atoms with Gasteiger partial charge < -0.3 is 19.5 Å². The van der Waals surface area contributed by atoms with Gasteiger partial charge in [-0.1, -0.05) is 19.8 Å². The van der Waals surface area contributed by atoms with Crippen molar-refractivity contribution < 1.29 is 28.6 Å². The zero-order valence-corrected chi connectivity index (χ0v) is 15.2. The van der Waals surface area contributed by atoms with Gasteiger partial charge in [-0.2, -0.15) is 0 Å². The van der Waals surface area contributed by atoms with Gasteiger partial charge >= 0.3 is 5.97 Å². The predicted octanol–water partition coefficient (Wildman–Crippen LogP) is 2.12. The molecule has 0 unspecified atom stereocenters. The molecule has 2 atom stereocenters. The maximum absolute atomic E-state index is 11.9. The normalized spacial score (nSPS) is 19.3. The summed E-state index contributed by atoms with van der Waals surface area (Å²) in [5, 5.41) is 2.92. The van der Waals surface area contributed by atoms with Gasteiger partial charge in [0.05, 0.1) is 7.11 Å². The smallest absolute Gasteiger partial charge is 0.344 e. The Morgan fingerprint density at radius 3 is 2.65 bits per heavy atom. The van der Waals surface area contributed by atoms with Gasteiger partial charge in [-0.3, -0.25) is 9.59 Å². The summed E-state index contributed by atoms with van der Waals surface area (Å²) in [6.45, 7) is 1.43. The van der Waals surface area contributed by atoms with Gasteiger partial charge in [0.1, 0.15) is 6.29 Å². The number of aldehydes is 1. The summed E-state index contributed by atoms with van der Waals surface area (Å²) in [7, 11) is 1.44. The second-order valence-electron chi connectivity index (χ2n) is 6.41. The van der Waals surface area contributed by atoms with Gasteiger partial charge in [-0.15, -0.1) is 0 Å². The molecule has 7 heteroatoms. The number of carbonyl (C=O) groups is 3. The highest BCUT2D eigenvalue weighted by Crippen LogP contribution is 2.27. The van der Waals surface area contributed by atoms with Crippen LogP contribution in [0.4, 0.5) is 0 Å². The number of hydrogen-bond donors (Lipinski definition) is 1. The van der Waals surface area contributed by atoms with Gasteiger partial charge in [0.15, 0.2) is 24.7 Å². The molecule has 0 bridgehead atoms. The number of amides is 1. The van der Waals surface area contributed by atoms with E-state index in [1.807, 2.05) is 0 Å². The molecule has 1 aromatic carbocycles. The van der Waals surface area contributed by atoms with E-state index in [4.69, 9.17) is 14.2 Å². The van der Waals surface area contributed by atoms with Crippen molar-refractivity contribution in [2.75, 3.05) is 20.3 Å². The van der Waals surface area contributed by atoms with Crippen molar-refractivity contribution in [2.24, 2.45) is 5.92 Å². The number of ether oxygens (including phenoxy) is 3. The Bertz CT molecular complexity index is 645. The SMILES string of the molecule is COc1cc(C=O)ccc1OCC(=O)OCC(=O)N[C@H]1CCCC[C@H]1C. The molecule has 26 heavy (non-hydrogen) atoms. The van der Waals surface area contributed by atoms with E-state index in [1.54, 1.807) is 6.07 Å². The number of methoxy groups -OCH3 is 1. The van der Waals surface area contributed by atoms with Gasteiger partial charge in [0, 0.05) is 11.6 Å². The van der Waals surface area contributed by atoms with Crippen molar-refractivity contribution in [3.63, 3.8) is 0 Å². The quantitative estimate of drug-likeness (QED) is 0.562. The van der Waals surface area contributed by atoms with Crippen LogP contribution in [-0.4, -0.2) is 44.5 Å². The maximum Gasteiger partial charge on any atom is 0.344 e. The topological polar surface area (TPSA) is 90.9 Å². The van der Waals surface area contributed by atoms with E-state index in [1.165, 1.54) is 25.7 Å². The highest BCUT2D eigenvalue weighted by atomic mass is 16.6. The molecule has 1 aliphatic rings. The number of rotatable bonds is 8. The first-order valence-electron chi connectivity index (χ1n) is 8.74. The minimum Gasteiger partial charge on any atom is -0.493 e. The van der Waals surface area contributed by atoms with E-state index in [0.717, 1.165) is 19.3 Å². The minimum atomic E-state index is -0.654. The fraction of sp³-hybridized carbons (Fsp3) is 0.526. The third-order valence-electron chi connectivity index (χ3n) is 4.49. The molecule has 1 aliphatic carbocycles. The van der Waals surface area contributed by atoms with E-state index in [2.05, 4.69) is 12.2 Å². The van der Waals surface area contributed by atoms with E-state index in [0.29, 0.717) is 29.3 Å². The molecule has 1 amide bonds. The lowest BCUT2D eigenvalue weighted by atomic mass is 9.86. The summed E-state index contributed by atoms with van der Waals surface area (Å²) in [5.74, 6) is 0.138. The Labute approximate surface area is 153 Å². The van der Waals surface area contributed by atoms with Gasteiger partial charge in [-0.05, 0) is 37.0 Å². The molecule has 0 saturated heterocycles. The van der Waals surface area contributed by atoms with Gasteiger partial charge in [-0.25, -0.2) is 4.79 Å². The summed E-state index contributed by atoms with van der Waals surface area (Å²) in [5.41, 5.74) is 0.436. The Hall–Kier alpha value is -2.57. The predicted molar refractivity (Wildman–Crippen MR) is 94.4 cm³/mol. The average Bonchev–Trinajstić information content (AvgIpc) is 2.66. The molecule has 0 aromatic heterocycles. The van der Waals surface area contributed by atoms with Crippen molar-refractivity contribution in [1.82, 2.24) is 5.32 Å². The lowest BCUT2D eigenvalue weighted by Gasteiger charge is -2.29. The van der Waals surface area contributed by atoms with Gasteiger partial charge in [0.2, 0.25) is 0 Å². The van der Waals surface area contributed by atoms with Crippen LogP contribution in [0.5, 0.6) is 11.5 Å². The van der Waals surface area contributed by atoms with Crippen LogP contribution in [0.15, 0.2) is 18.2 Å². The molecule has 1 fully saturated rings. The van der Waals surface area contributed by atoms with E-state index in [-0.39, 0.29) is 25.2 Å². The first kappa shape index (κ1) is 19.8. The van der Waals surface area contributed by atoms with Crippen molar-refractivity contribution in [2.45, 2.75) is 38.6 Å². The number of benzene rings is 1. The third-order valence-corrected chi connectivity index (χ3v) is 4.49. The second-order valence-corrected chi connectivity index (χ2v) is 6.41. The molecule has 1 N–H and O–H groups in total. The molecule has 7 nitrogen and oxygen atoms in total. The summed E-state index contributed by atoms with van der Waals surface area (Å²) < 4.78 is 15.4. The minimum absolute atomic E-state index is 0.145. The lowest BCUT2D eigenvalue weighted by molar-refractivity contribution is -0.150. The highest BCUT2D eigenvalue weighted by molar-refractivity contribution is 5.81. The first-order valence-corrected chi connectivity index (χ1v) is 8.74. The first-order chi connectivity index (χ1) is 12.5. The average molecular weight is 363 g/mol. The van der Waals surface area contributed by atoms with E-state index >= 15 is 0 Å². The van der Waals surface area contributed by atoms with Crippen LogP contribution < -0.4 is 14.8 Å². The van der Waals surface area contributed by atoms with Crippen molar-refractivity contribution in [3.8, 4) is 11.5 Å². The second kappa shape index (κ2) is 9.79. The Morgan fingerprint density at radius 1 is 1.19 bits per heavy atom. The van der Waals surface area contributed by atoms with Gasteiger partial charge in [0.25, 0.3) is 5.91 Å². The highest BCUT2D eigenvalue weighted by Gasteiger charge is 2.23. The molecule has 0 aliphatic heterocycles. The third kappa shape index (κ3) is 5.75. The molecule has 0 radical (unpaired) electrons. The Kier molecular flexibility index (Phi) is 7.44. The molecule has 1 saturated carbocycles. The standard InChI is InChI=1S/C19H25NO6/c1-13-5-3-4-6-15(13)20-18(22)11-26-19(23)12-25-16-8-7-14(10-21)9-17(16)24-2/h7-10,13,15H,3-6,11-12H2,1-2H3,(H,20,22)/t13-,15+/m1/s1. The monoisotopic (exact) mass is 363 g/mol.